The molecule has 0 spiro atoms. The molecule has 130 valence electrons. The minimum absolute atomic E-state index is 0.0979. The van der Waals surface area contributed by atoms with Crippen molar-refractivity contribution in [3.8, 4) is 23.8 Å². The Morgan fingerprint density at radius 3 is 3.04 bits per heavy atom. The maximum atomic E-state index is 6.19. The molecule has 0 fully saturated rings. The molecule has 1 heterocycles. The molecule has 0 atom stereocenters. The van der Waals surface area contributed by atoms with Gasteiger partial charge in [0, 0.05) is 0 Å². The van der Waals surface area contributed by atoms with E-state index in [2.05, 4.69) is 21.8 Å². The summed E-state index contributed by atoms with van der Waals surface area (Å²) < 4.78 is 15.8. The topological polar surface area (TPSA) is 68.0 Å². The van der Waals surface area contributed by atoms with Crippen LogP contribution >= 0.6 is 23.8 Å². The standard InChI is InChI=1S/C17H16ClN3O3S/c1-3-6-24-16-14(18)8-12(9-15(16)22-2)10-20-21-17(25)19-11-13-5-4-7-23-13/h1,4-5,7-10H,6,11H2,2H3,(H2,19,21,25)/b20-10+. The van der Waals surface area contributed by atoms with Crippen LogP contribution in [0.2, 0.25) is 5.02 Å². The molecule has 2 rings (SSSR count). The molecular weight excluding hydrogens is 362 g/mol. The number of nitrogens with one attached hydrogen (secondary N) is 2. The number of halogens is 1. The van der Waals surface area contributed by atoms with Crippen LogP contribution < -0.4 is 20.2 Å². The van der Waals surface area contributed by atoms with Gasteiger partial charge in [-0.15, -0.1) is 6.42 Å². The lowest BCUT2D eigenvalue weighted by molar-refractivity contribution is 0.331. The van der Waals surface area contributed by atoms with Crippen molar-refractivity contribution in [1.82, 2.24) is 10.7 Å². The zero-order valence-corrected chi connectivity index (χ0v) is 15.0. The summed E-state index contributed by atoms with van der Waals surface area (Å²) in [6, 6.07) is 7.05. The molecule has 2 aromatic rings. The zero-order chi connectivity index (χ0) is 18.1. The molecule has 0 bridgehead atoms. The molecule has 25 heavy (non-hydrogen) atoms. The maximum absolute atomic E-state index is 6.19. The van der Waals surface area contributed by atoms with E-state index in [1.807, 2.05) is 6.07 Å². The van der Waals surface area contributed by atoms with Crippen LogP contribution in [-0.2, 0) is 6.54 Å². The van der Waals surface area contributed by atoms with Crippen LogP contribution in [0.3, 0.4) is 0 Å². The van der Waals surface area contributed by atoms with Gasteiger partial charge in [-0.05, 0) is 42.0 Å². The number of nitrogens with zero attached hydrogens (tertiary/aromatic N) is 1. The molecular formula is C17H16ClN3O3S. The van der Waals surface area contributed by atoms with E-state index in [0.29, 0.717) is 33.7 Å². The second kappa shape index (κ2) is 9.57. The highest BCUT2D eigenvalue weighted by Gasteiger charge is 2.11. The average molecular weight is 378 g/mol. The Morgan fingerprint density at radius 2 is 2.36 bits per heavy atom. The second-order valence-electron chi connectivity index (χ2n) is 4.66. The van der Waals surface area contributed by atoms with Crippen LogP contribution in [0.1, 0.15) is 11.3 Å². The van der Waals surface area contributed by atoms with Crippen LogP contribution in [0, 0.1) is 12.3 Å². The third kappa shape index (κ3) is 5.71. The van der Waals surface area contributed by atoms with Gasteiger partial charge in [0.2, 0.25) is 0 Å². The minimum atomic E-state index is 0.0979. The number of hydrogen-bond donors (Lipinski definition) is 2. The summed E-state index contributed by atoms with van der Waals surface area (Å²) in [4.78, 5) is 0. The molecule has 0 amide bonds. The summed E-state index contributed by atoms with van der Waals surface area (Å²) in [5.41, 5.74) is 3.41. The predicted molar refractivity (Wildman–Crippen MR) is 101 cm³/mol. The summed E-state index contributed by atoms with van der Waals surface area (Å²) in [6.07, 6.45) is 8.34. The molecule has 0 unspecified atom stereocenters. The molecule has 0 aliphatic rings. The quantitative estimate of drug-likeness (QED) is 0.334. The number of methoxy groups -OCH3 is 1. The normalized spacial score (nSPS) is 10.3. The van der Waals surface area contributed by atoms with Crippen LogP contribution in [0.15, 0.2) is 40.0 Å². The van der Waals surface area contributed by atoms with Crippen molar-refractivity contribution in [2.45, 2.75) is 6.54 Å². The van der Waals surface area contributed by atoms with Gasteiger partial charge < -0.3 is 19.2 Å². The van der Waals surface area contributed by atoms with Crippen LogP contribution in [0.25, 0.3) is 0 Å². The molecule has 0 saturated carbocycles. The molecule has 0 aliphatic carbocycles. The molecule has 0 radical (unpaired) electrons. The third-order valence-electron chi connectivity index (χ3n) is 2.93. The number of hydrogen-bond acceptors (Lipinski definition) is 5. The first-order valence-electron chi connectivity index (χ1n) is 7.17. The molecule has 6 nitrogen and oxygen atoms in total. The van der Waals surface area contributed by atoms with Gasteiger partial charge in [0.15, 0.2) is 16.6 Å². The van der Waals surface area contributed by atoms with Gasteiger partial charge >= 0.3 is 0 Å². The summed E-state index contributed by atoms with van der Waals surface area (Å²) in [5, 5.41) is 7.74. The monoisotopic (exact) mass is 377 g/mol. The van der Waals surface area contributed by atoms with E-state index in [4.69, 9.17) is 44.1 Å². The zero-order valence-electron chi connectivity index (χ0n) is 13.4. The predicted octanol–water partition coefficient (Wildman–Crippen LogP) is 2.95. The minimum Gasteiger partial charge on any atom is -0.493 e. The van der Waals surface area contributed by atoms with E-state index >= 15 is 0 Å². The van der Waals surface area contributed by atoms with Gasteiger partial charge in [-0.1, -0.05) is 17.5 Å². The van der Waals surface area contributed by atoms with E-state index in [-0.39, 0.29) is 6.61 Å². The Bertz CT molecular complexity index is 785. The number of terminal acetylenes is 1. The summed E-state index contributed by atoms with van der Waals surface area (Å²) in [5.74, 6) is 4.00. The first-order valence-corrected chi connectivity index (χ1v) is 7.95. The lowest BCUT2D eigenvalue weighted by Gasteiger charge is -2.11. The van der Waals surface area contributed by atoms with Crippen LogP contribution in [-0.4, -0.2) is 25.0 Å². The maximum Gasteiger partial charge on any atom is 0.187 e. The van der Waals surface area contributed by atoms with E-state index < -0.39 is 0 Å². The fraction of sp³-hybridized carbons (Fsp3) is 0.176. The molecule has 0 aliphatic heterocycles. The highest BCUT2D eigenvalue weighted by atomic mass is 35.5. The molecule has 2 N–H and O–H groups in total. The molecule has 0 saturated heterocycles. The van der Waals surface area contributed by atoms with Gasteiger partial charge in [-0.25, -0.2) is 0 Å². The van der Waals surface area contributed by atoms with Gasteiger partial charge in [0.05, 0.1) is 31.2 Å². The number of hydrazone groups is 1. The smallest absolute Gasteiger partial charge is 0.187 e. The number of rotatable bonds is 7. The van der Waals surface area contributed by atoms with E-state index in [1.54, 1.807) is 30.7 Å². The number of thiocarbonyl (C=S) groups is 1. The van der Waals surface area contributed by atoms with Crippen molar-refractivity contribution in [2.24, 2.45) is 5.10 Å². The first kappa shape index (κ1) is 18.6. The Morgan fingerprint density at radius 1 is 1.52 bits per heavy atom. The lowest BCUT2D eigenvalue weighted by atomic mass is 10.2. The highest BCUT2D eigenvalue weighted by molar-refractivity contribution is 7.80. The Kier molecular flexibility index (Phi) is 7.14. The second-order valence-corrected chi connectivity index (χ2v) is 5.47. The van der Waals surface area contributed by atoms with Crippen molar-refractivity contribution < 1.29 is 13.9 Å². The molecule has 1 aromatic heterocycles. The van der Waals surface area contributed by atoms with E-state index in [9.17, 15) is 0 Å². The largest absolute Gasteiger partial charge is 0.493 e. The van der Waals surface area contributed by atoms with Gasteiger partial charge in [0.25, 0.3) is 0 Å². The van der Waals surface area contributed by atoms with Crippen molar-refractivity contribution in [2.75, 3.05) is 13.7 Å². The summed E-state index contributed by atoms with van der Waals surface area (Å²) in [6.45, 7) is 0.565. The molecule has 8 heteroatoms. The number of furan rings is 1. The Balaban J connectivity index is 1.94. The Labute approximate surface area is 156 Å². The third-order valence-corrected chi connectivity index (χ3v) is 3.45. The number of benzene rings is 1. The fourth-order valence-corrected chi connectivity index (χ4v) is 2.25. The van der Waals surface area contributed by atoms with Gasteiger partial charge in [-0.3, -0.25) is 5.43 Å². The van der Waals surface area contributed by atoms with Gasteiger partial charge in [-0.2, -0.15) is 5.10 Å². The highest BCUT2D eigenvalue weighted by Crippen LogP contribution is 2.35. The average Bonchev–Trinajstić information content (AvgIpc) is 3.12. The van der Waals surface area contributed by atoms with Crippen LogP contribution in [0.4, 0.5) is 0 Å². The first-order chi connectivity index (χ1) is 12.1. The van der Waals surface area contributed by atoms with Gasteiger partial charge in [0.1, 0.15) is 12.4 Å². The van der Waals surface area contributed by atoms with Crippen molar-refractivity contribution in [3.63, 3.8) is 0 Å². The van der Waals surface area contributed by atoms with E-state index in [1.165, 1.54) is 7.11 Å². The summed E-state index contributed by atoms with van der Waals surface area (Å²) in [7, 11) is 1.52. The summed E-state index contributed by atoms with van der Waals surface area (Å²) >= 11 is 11.3. The molecule has 1 aromatic carbocycles. The number of ether oxygens (including phenoxy) is 2. The Hall–Kier alpha value is -2.69. The lowest BCUT2D eigenvalue weighted by Crippen LogP contribution is -2.31. The van der Waals surface area contributed by atoms with Crippen molar-refractivity contribution >= 4 is 35.1 Å². The fourth-order valence-electron chi connectivity index (χ4n) is 1.85. The van der Waals surface area contributed by atoms with Crippen LogP contribution in [0.5, 0.6) is 11.5 Å². The SMILES string of the molecule is C#CCOc1c(Cl)cc(/C=N/NC(=S)NCc2ccco2)cc1OC. The van der Waals surface area contributed by atoms with E-state index in [0.717, 1.165) is 5.76 Å². The van der Waals surface area contributed by atoms with Crippen molar-refractivity contribution in [3.05, 3.63) is 46.9 Å². The van der Waals surface area contributed by atoms with Crippen molar-refractivity contribution in [1.29, 1.82) is 0 Å².